The minimum absolute atomic E-state index is 0.871. The molecule has 0 aliphatic carbocycles. The third-order valence-electron chi connectivity index (χ3n) is 8.73. The van der Waals surface area contributed by atoms with Crippen molar-refractivity contribution in [1.29, 1.82) is 0 Å². The Kier molecular flexibility index (Phi) is 5.50. The standard InChI is InChI=1S/C41H27N3/c1-2-14-28(15-3-1)36-26-29(43-37-22-10-8-20-34(37)35-21-9-11-23-38(35)43)27-41(42-36)44-39-24-12-6-18-32(39)30-16-4-5-17-31(30)33-19-7-13-25-40(33)44/h1-27H. The van der Waals surface area contributed by atoms with Crippen LogP contribution >= 0.6 is 0 Å². The van der Waals surface area contributed by atoms with Crippen LogP contribution in [0.5, 0.6) is 0 Å². The maximum absolute atomic E-state index is 5.41. The van der Waals surface area contributed by atoms with Gasteiger partial charge >= 0.3 is 0 Å². The molecule has 206 valence electrons. The van der Waals surface area contributed by atoms with Gasteiger partial charge in [0.15, 0.2) is 0 Å². The number of aromatic nitrogens is 2. The molecule has 0 bridgehead atoms. The van der Waals surface area contributed by atoms with Crippen molar-refractivity contribution < 1.29 is 0 Å². The zero-order valence-corrected chi connectivity index (χ0v) is 23.9. The van der Waals surface area contributed by atoms with Crippen LogP contribution in [0.3, 0.4) is 0 Å². The van der Waals surface area contributed by atoms with Crippen LogP contribution in [-0.2, 0) is 0 Å². The van der Waals surface area contributed by atoms with E-state index in [-0.39, 0.29) is 0 Å². The van der Waals surface area contributed by atoms with Crippen molar-refractivity contribution >= 4 is 39.0 Å². The van der Waals surface area contributed by atoms with Gasteiger partial charge in [-0.15, -0.1) is 0 Å². The van der Waals surface area contributed by atoms with Gasteiger partial charge in [0.05, 0.1) is 33.8 Å². The van der Waals surface area contributed by atoms with E-state index in [2.05, 4.69) is 173 Å². The van der Waals surface area contributed by atoms with Crippen LogP contribution in [-0.4, -0.2) is 9.55 Å². The topological polar surface area (TPSA) is 21.1 Å². The van der Waals surface area contributed by atoms with Crippen molar-refractivity contribution in [1.82, 2.24) is 9.55 Å². The van der Waals surface area contributed by atoms with Crippen molar-refractivity contribution in [3.05, 3.63) is 164 Å². The van der Waals surface area contributed by atoms with Crippen LogP contribution in [0.1, 0.15) is 0 Å². The Hall–Kier alpha value is -5.93. The number of hydrogen-bond donors (Lipinski definition) is 0. The van der Waals surface area contributed by atoms with Crippen LogP contribution < -0.4 is 4.90 Å². The second-order valence-electron chi connectivity index (χ2n) is 11.2. The normalized spacial score (nSPS) is 12.0. The van der Waals surface area contributed by atoms with Crippen molar-refractivity contribution in [2.75, 3.05) is 4.90 Å². The predicted molar refractivity (Wildman–Crippen MR) is 183 cm³/mol. The van der Waals surface area contributed by atoms with Gasteiger partial charge in [-0.3, -0.25) is 4.90 Å². The molecule has 0 unspecified atom stereocenters. The predicted octanol–water partition coefficient (Wildman–Crippen LogP) is 11.0. The summed E-state index contributed by atoms with van der Waals surface area (Å²) in [5, 5.41) is 2.48. The van der Waals surface area contributed by atoms with Gasteiger partial charge in [0, 0.05) is 33.5 Å². The van der Waals surface area contributed by atoms with Crippen LogP contribution in [0.25, 0.3) is 61.0 Å². The van der Waals surface area contributed by atoms with Gasteiger partial charge in [0.25, 0.3) is 0 Å². The van der Waals surface area contributed by atoms with Gasteiger partial charge in [0.2, 0.25) is 0 Å². The van der Waals surface area contributed by atoms with Crippen molar-refractivity contribution in [3.8, 4) is 39.2 Å². The molecule has 2 aromatic heterocycles. The lowest BCUT2D eigenvalue weighted by molar-refractivity contribution is 1.13. The van der Waals surface area contributed by atoms with Crippen molar-refractivity contribution in [2.24, 2.45) is 0 Å². The molecule has 8 aromatic rings. The third kappa shape index (κ3) is 3.73. The van der Waals surface area contributed by atoms with Crippen molar-refractivity contribution in [3.63, 3.8) is 0 Å². The summed E-state index contributed by atoms with van der Waals surface area (Å²) < 4.78 is 2.38. The molecule has 44 heavy (non-hydrogen) atoms. The molecular formula is C41H27N3. The SMILES string of the molecule is c1ccc(-c2cc(-n3c4ccccc4c4ccccc43)cc(N3c4ccccc4-c4ccccc4-c4ccccc43)n2)cc1. The first kappa shape index (κ1) is 24.6. The smallest absolute Gasteiger partial charge is 0.140 e. The maximum Gasteiger partial charge on any atom is 0.140 e. The van der Waals surface area contributed by atoms with Crippen LogP contribution in [0.15, 0.2) is 164 Å². The van der Waals surface area contributed by atoms with Crippen LogP contribution in [0, 0.1) is 0 Å². The van der Waals surface area contributed by atoms with E-state index >= 15 is 0 Å². The number of pyridine rings is 1. The van der Waals surface area contributed by atoms with E-state index in [1.54, 1.807) is 0 Å². The Balaban J connectivity index is 1.39. The number of rotatable bonds is 3. The maximum atomic E-state index is 5.41. The highest BCUT2D eigenvalue weighted by molar-refractivity contribution is 6.09. The molecule has 0 saturated carbocycles. The molecule has 0 spiro atoms. The molecule has 0 atom stereocenters. The summed E-state index contributed by atoms with van der Waals surface area (Å²) in [7, 11) is 0. The Bertz CT molecular complexity index is 2230. The van der Waals surface area contributed by atoms with E-state index in [0.717, 1.165) is 34.1 Å². The molecule has 0 saturated heterocycles. The molecule has 0 fully saturated rings. The number of fused-ring (bicyclic) bond motifs is 8. The highest BCUT2D eigenvalue weighted by Gasteiger charge is 2.27. The fourth-order valence-corrected chi connectivity index (χ4v) is 6.83. The molecule has 3 nitrogen and oxygen atoms in total. The Labute approximate surface area is 255 Å². The molecule has 9 rings (SSSR count). The van der Waals surface area contributed by atoms with E-state index in [0.29, 0.717) is 0 Å². The van der Waals surface area contributed by atoms with Gasteiger partial charge in [-0.05, 0) is 41.5 Å². The van der Waals surface area contributed by atoms with E-state index < -0.39 is 0 Å². The summed E-state index contributed by atoms with van der Waals surface area (Å²) >= 11 is 0. The average Bonchev–Trinajstić information content (AvgIpc) is 3.37. The molecule has 1 aliphatic rings. The first-order valence-corrected chi connectivity index (χ1v) is 15.0. The number of nitrogens with zero attached hydrogens (tertiary/aromatic N) is 3. The zero-order chi connectivity index (χ0) is 29.0. The lowest BCUT2D eigenvalue weighted by Crippen LogP contribution is -2.13. The van der Waals surface area contributed by atoms with Crippen LogP contribution in [0.2, 0.25) is 0 Å². The van der Waals surface area contributed by atoms with E-state index in [4.69, 9.17) is 4.98 Å². The highest BCUT2D eigenvalue weighted by Crippen LogP contribution is 2.50. The summed E-state index contributed by atoms with van der Waals surface area (Å²) in [5.74, 6) is 0.871. The summed E-state index contributed by atoms with van der Waals surface area (Å²) in [6, 6.07) is 58.4. The van der Waals surface area contributed by atoms with E-state index in [9.17, 15) is 0 Å². The monoisotopic (exact) mass is 561 g/mol. The Morgan fingerprint density at radius 1 is 0.409 bits per heavy atom. The van der Waals surface area contributed by atoms with Gasteiger partial charge < -0.3 is 4.57 Å². The molecule has 6 aromatic carbocycles. The number of para-hydroxylation sites is 4. The second kappa shape index (κ2) is 9.82. The number of anilines is 3. The third-order valence-corrected chi connectivity index (χ3v) is 8.73. The fraction of sp³-hybridized carbons (Fsp3) is 0. The first-order chi connectivity index (χ1) is 21.8. The Morgan fingerprint density at radius 2 is 0.886 bits per heavy atom. The minimum atomic E-state index is 0.871. The Morgan fingerprint density at radius 3 is 1.48 bits per heavy atom. The quantitative estimate of drug-likeness (QED) is 0.214. The molecule has 0 amide bonds. The summed E-state index contributed by atoms with van der Waals surface area (Å²) in [5.41, 5.74) is 12.5. The molecule has 0 N–H and O–H groups in total. The lowest BCUT2D eigenvalue weighted by Gasteiger charge is -2.27. The van der Waals surface area contributed by atoms with E-state index in [1.165, 1.54) is 44.1 Å². The summed E-state index contributed by atoms with van der Waals surface area (Å²) in [6.45, 7) is 0. The van der Waals surface area contributed by atoms with Gasteiger partial charge in [-0.25, -0.2) is 4.98 Å². The number of benzene rings is 6. The summed E-state index contributed by atoms with van der Waals surface area (Å²) in [4.78, 5) is 7.75. The van der Waals surface area contributed by atoms with Crippen molar-refractivity contribution in [2.45, 2.75) is 0 Å². The van der Waals surface area contributed by atoms with Gasteiger partial charge in [0.1, 0.15) is 5.82 Å². The number of hydrogen-bond acceptors (Lipinski definition) is 2. The molecule has 3 heterocycles. The molecule has 1 aliphatic heterocycles. The lowest BCUT2D eigenvalue weighted by atomic mass is 9.95. The van der Waals surface area contributed by atoms with Gasteiger partial charge in [-0.2, -0.15) is 0 Å². The zero-order valence-electron chi connectivity index (χ0n) is 23.9. The molecule has 3 heteroatoms. The van der Waals surface area contributed by atoms with Gasteiger partial charge in [-0.1, -0.05) is 127 Å². The minimum Gasteiger partial charge on any atom is -0.309 e. The summed E-state index contributed by atoms with van der Waals surface area (Å²) in [6.07, 6.45) is 0. The molecular weight excluding hydrogens is 534 g/mol. The molecule has 0 radical (unpaired) electrons. The second-order valence-corrected chi connectivity index (χ2v) is 11.2. The first-order valence-electron chi connectivity index (χ1n) is 15.0. The van der Waals surface area contributed by atoms with E-state index in [1.807, 2.05) is 0 Å². The largest absolute Gasteiger partial charge is 0.309 e. The average molecular weight is 562 g/mol. The fourth-order valence-electron chi connectivity index (χ4n) is 6.83. The van der Waals surface area contributed by atoms with Crippen LogP contribution in [0.4, 0.5) is 17.2 Å². The highest BCUT2D eigenvalue weighted by atomic mass is 15.2.